The van der Waals surface area contributed by atoms with Gasteiger partial charge in [0.05, 0.1) is 22.3 Å². The minimum Gasteiger partial charge on any atom is -0.453 e. The summed E-state index contributed by atoms with van der Waals surface area (Å²) in [7, 11) is -3.65. The summed E-state index contributed by atoms with van der Waals surface area (Å²) in [5, 5.41) is 11.3. The molecule has 5 rings (SSSR count). The zero-order chi connectivity index (χ0) is 25.5. The molecule has 1 aliphatic heterocycles. The molecule has 0 bridgehead atoms. The molecule has 1 unspecified atom stereocenters. The number of allylic oxidation sites excluding steroid dienone is 1. The van der Waals surface area contributed by atoms with Gasteiger partial charge in [0.2, 0.25) is 0 Å². The van der Waals surface area contributed by atoms with E-state index in [1.165, 1.54) is 0 Å². The van der Waals surface area contributed by atoms with Gasteiger partial charge in [0.15, 0.2) is 11.5 Å². The van der Waals surface area contributed by atoms with Gasteiger partial charge in [-0.25, -0.2) is 13.7 Å². The highest BCUT2D eigenvalue weighted by Gasteiger charge is 2.36. The van der Waals surface area contributed by atoms with E-state index >= 15 is 0 Å². The van der Waals surface area contributed by atoms with Crippen LogP contribution in [0.5, 0.6) is 17.2 Å². The van der Waals surface area contributed by atoms with Crippen molar-refractivity contribution >= 4 is 21.3 Å². The fourth-order valence-corrected chi connectivity index (χ4v) is 5.67. The number of alkyl halides is 3. The molecule has 0 radical (unpaired) electrons. The average molecular weight is 518 g/mol. The van der Waals surface area contributed by atoms with E-state index in [0.717, 1.165) is 35.6 Å². The van der Waals surface area contributed by atoms with Gasteiger partial charge in [-0.3, -0.25) is 0 Å². The predicted molar refractivity (Wildman–Crippen MR) is 128 cm³/mol. The van der Waals surface area contributed by atoms with Gasteiger partial charge < -0.3 is 19.5 Å². The predicted octanol–water partition coefficient (Wildman–Crippen LogP) is 5.85. The number of hydrogen-bond donors (Lipinski definition) is 3. The molecule has 3 aromatic carbocycles. The molecule has 2 aliphatic rings. The summed E-state index contributed by atoms with van der Waals surface area (Å²) in [6.45, 7) is 0. The van der Waals surface area contributed by atoms with Crippen LogP contribution in [0.1, 0.15) is 12.8 Å². The first kappa shape index (κ1) is 24.2. The molecule has 0 saturated carbocycles. The Balaban J connectivity index is 1.41. The van der Waals surface area contributed by atoms with Crippen molar-refractivity contribution in [1.82, 2.24) is 4.72 Å². The molecule has 11 heteroatoms. The van der Waals surface area contributed by atoms with Crippen molar-refractivity contribution in [3.05, 3.63) is 84.6 Å². The van der Waals surface area contributed by atoms with Gasteiger partial charge in [0.25, 0.3) is 0 Å². The highest BCUT2D eigenvalue weighted by atomic mass is 32.2. The first-order valence-electron chi connectivity index (χ1n) is 11.1. The van der Waals surface area contributed by atoms with Gasteiger partial charge in [0, 0.05) is 5.70 Å². The Labute approximate surface area is 205 Å². The summed E-state index contributed by atoms with van der Waals surface area (Å²) < 4.78 is 71.5. The number of ether oxygens (including phenoxy) is 2. The molecule has 3 N–H and O–H groups in total. The largest absolute Gasteiger partial charge is 0.573 e. The maximum absolute atomic E-state index is 13.2. The van der Waals surface area contributed by atoms with E-state index in [9.17, 15) is 22.5 Å². The number of fused-ring (bicyclic) bond motifs is 2. The lowest BCUT2D eigenvalue weighted by Crippen LogP contribution is -2.48. The Bertz CT molecular complexity index is 1360. The van der Waals surface area contributed by atoms with Crippen molar-refractivity contribution in [2.24, 2.45) is 0 Å². The van der Waals surface area contributed by atoms with Gasteiger partial charge in [0.1, 0.15) is 21.8 Å². The second kappa shape index (κ2) is 9.16. The van der Waals surface area contributed by atoms with Crippen LogP contribution in [-0.2, 0) is 9.92 Å². The van der Waals surface area contributed by atoms with Crippen LogP contribution < -0.4 is 19.1 Å². The Morgan fingerprint density at radius 2 is 1.58 bits per heavy atom. The summed E-state index contributed by atoms with van der Waals surface area (Å²) in [6, 6.07) is 18.3. The van der Waals surface area contributed by atoms with Gasteiger partial charge in [-0.1, -0.05) is 30.3 Å². The fourth-order valence-electron chi connectivity index (χ4n) is 4.34. The number of nitrogens with zero attached hydrogens (tertiary/aromatic N) is 1. The number of nitrogens with one attached hydrogen (secondary N) is 2. The number of anilines is 2. The summed E-state index contributed by atoms with van der Waals surface area (Å²) in [5.74, 6) is 0.753. The lowest BCUT2D eigenvalue weighted by molar-refractivity contribution is -0.274. The molecule has 7 nitrogen and oxygen atoms in total. The van der Waals surface area contributed by atoms with Crippen molar-refractivity contribution in [2.45, 2.75) is 36.2 Å². The number of para-hydroxylation sites is 4. The monoisotopic (exact) mass is 517 g/mol. The highest BCUT2D eigenvalue weighted by molar-refractivity contribution is 7.90. The van der Waals surface area contributed by atoms with Crippen LogP contribution in [0.4, 0.5) is 24.5 Å². The molecule has 1 aliphatic carbocycles. The summed E-state index contributed by atoms with van der Waals surface area (Å²) >= 11 is 0. The van der Waals surface area contributed by atoms with E-state index in [0.29, 0.717) is 30.0 Å². The molecule has 0 aromatic heterocycles. The van der Waals surface area contributed by atoms with Crippen molar-refractivity contribution in [3.63, 3.8) is 0 Å². The molecular formula is C25H22F3N3O4S. The van der Waals surface area contributed by atoms with E-state index in [1.54, 1.807) is 0 Å². The first-order valence-corrected chi connectivity index (χ1v) is 12.6. The normalized spacial score (nSPS) is 20.9. The zero-order valence-corrected chi connectivity index (χ0v) is 19.6. The third-order valence-electron chi connectivity index (χ3n) is 5.91. The zero-order valence-electron chi connectivity index (χ0n) is 18.7. The molecular weight excluding hydrogens is 495 g/mol. The minimum absolute atomic E-state index is 0.0256. The van der Waals surface area contributed by atoms with E-state index in [2.05, 4.69) is 9.46 Å². The molecule has 36 heavy (non-hydrogen) atoms. The number of rotatable bonds is 5. The quantitative estimate of drug-likeness (QED) is 0.395. The third-order valence-corrected chi connectivity index (χ3v) is 7.48. The summed E-state index contributed by atoms with van der Waals surface area (Å²) in [6.07, 6.45) is -3.13. The van der Waals surface area contributed by atoms with Crippen molar-refractivity contribution in [1.29, 1.82) is 4.78 Å². The van der Waals surface area contributed by atoms with E-state index < -0.39 is 34.2 Å². The Morgan fingerprint density at radius 3 is 2.17 bits per heavy atom. The van der Waals surface area contributed by atoms with Crippen LogP contribution in [-0.4, -0.2) is 27.8 Å². The molecule has 0 amide bonds. The maximum Gasteiger partial charge on any atom is 0.573 e. The summed E-state index contributed by atoms with van der Waals surface area (Å²) in [4.78, 5) is 1.87. The standard InChI is InChI=1S/C25H22F3N3O4S/c26-25(27,28)35-16-12-14-17(15-13-16)36(29,33)30-18-6-5-9-21(24(18)32)31-19-7-1-3-10-22(19)34-23-11-4-2-8-20(23)31/h1-4,7-15,18,24,32H,5-6H2,(H2,29,30,33)/t18-,24+,36?/m0/s1. The van der Waals surface area contributed by atoms with Crippen molar-refractivity contribution in [2.75, 3.05) is 4.90 Å². The average Bonchev–Trinajstić information content (AvgIpc) is 2.83. The highest BCUT2D eigenvalue weighted by Crippen LogP contribution is 2.49. The van der Waals surface area contributed by atoms with Crippen LogP contribution in [0.15, 0.2) is 89.5 Å². The fraction of sp³-hybridized carbons (Fsp3) is 0.200. The van der Waals surface area contributed by atoms with Crippen LogP contribution >= 0.6 is 0 Å². The third kappa shape index (κ3) is 4.77. The second-order valence-electron chi connectivity index (χ2n) is 8.32. The number of aliphatic hydroxyl groups excluding tert-OH is 1. The molecule has 188 valence electrons. The molecule has 1 heterocycles. The molecule has 3 atom stereocenters. The van der Waals surface area contributed by atoms with Gasteiger partial charge in [-0.05, 0) is 61.4 Å². The Morgan fingerprint density at radius 1 is 1.00 bits per heavy atom. The molecule has 0 saturated heterocycles. The van der Waals surface area contributed by atoms with E-state index in [1.807, 2.05) is 59.5 Å². The van der Waals surface area contributed by atoms with E-state index in [4.69, 9.17) is 9.52 Å². The van der Waals surface area contributed by atoms with Crippen LogP contribution in [0.3, 0.4) is 0 Å². The number of aliphatic hydroxyl groups is 1. The van der Waals surface area contributed by atoms with Crippen molar-refractivity contribution in [3.8, 4) is 17.2 Å². The number of benzene rings is 3. The summed E-state index contributed by atoms with van der Waals surface area (Å²) in [5.41, 5.74) is 2.01. The number of hydrogen-bond acceptors (Lipinski definition) is 6. The van der Waals surface area contributed by atoms with Crippen LogP contribution in [0.25, 0.3) is 0 Å². The van der Waals surface area contributed by atoms with Crippen LogP contribution in [0.2, 0.25) is 0 Å². The minimum atomic E-state index is -4.85. The number of halogens is 3. The van der Waals surface area contributed by atoms with Crippen molar-refractivity contribution < 1.29 is 32.0 Å². The topological polar surface area (TPSA) is 94.9 Å². The molecule has 3 aromatic rings. The molecule has 0 spiro atoms. The van der Waals surface area contributed by atoms with Gasteiger partial charge in [-0.15, -0.1) is 13.2 Å². The second-order valence-corrected chi connectivity index (χ2v) is 10.1. The first-order chi connectivity index (χ1) is 17.1. The molecule has 0 fully saturated rings. The van der Waals surface area contributed by atoms with Crippen LogP contribution in [0, 0.1) is 4.78 Å². The smallest absolute Gasteiger partial charge is 0.453 e. The maximum atomic E-state index is 13.2. The Hall–Kier alpha value is -3.54. The lowest BCUT2D eigenvalue weighted by atomic mass is 9.94. The van der Waals surface area contributed by atoms with E-state index in [-0.39, 0.29) is 4.90 Å². The SMILES string of the molecule is N=S(=O)(N[C@H]1CCC=C(N2c3ccccc3Oc3ccccc32)[C@@H]1O)c1ccc(OC(F)(F)F)cc1. The lowest BCUT2D eigenvalue weighted by Gasteiger charge is -2.39. The van der Waals surface area contributed by atoms with Gasteiger partial charge in [-0.2, -0.15) is 0 Å². The Kier molecular flexibility index (Phi) is 6.15. The van der Waals surface area contributed by atoms with Gasteiger partial charge >= 0.3 is 6.36 Å².